The monoisotopic (exact) mass is 274 g/mol. The Labute approximate surface area is 119 Å². The molecule has 0 aromatic heterocycles. The molecule has 0 spiro atoms. The van der Waals surface area contributed by atoms with Crippen molar-refractivity contribution in [3.05, 3.63) is 35.4 Å². The Kier molecular flexibility index (Phi) is 4.12. The summed E-state index contributed by atoms with van der Waals surface area (Å²) in [4.78, 5) is 23.6. The quantitative estimate of drug-likeness (QED) is 0.885. The first kappa shape index (κ1) is 14.6. The van der Waals surface area contributed by atoms with Gasteiger partial charge in [-0.1, -0.05) is 45.0 Å². The Morgan fingerprint density at radius 1 is 1.25 bits per heavy atom. The van der Waals surface area contributed by atoms with Gasteiger partial charge in [0.05, 0.1) is 12.6 Å². The molecule has 0 radical (unpaired) electrons. The molecule has 0 bridgehead atoms. The summed E-state index contributed by atoms with van der Waals surface area (Å²) in [6.45, 7) is 5.52. The Bertz CT molecular complexity index is 517. The molecule has 1 aliphatic carbocycles. The van der Waals surface area contributed by atoms with E-state index in [-0.39, 0.29) is 24.4 Å². The average molecular weight is 274 g/mol. The zero-order valence-electron chi connectivity index (χ0n) is 12.3. The minimum atomic E-state index is -0.472. The first-order valence-electron chi connectivity index (χ1n) is 7.03. The van der Waals surface area contributed by atoms with Crippen molar-refractivity contribution < 1.29 is 9.59 Å². The molecule has 2 amide bonds. The summed E-state index contributed by atoms with van der Waals surface area (Å²) in [6.07, 6.45) is 1.92. The molecule has 4 heteroatoms. The molecule has 0 heterocycles. The summed E-state index contributed by atoms with van der Waals surface area (Å²) in [6, 6.07) is 8.24. The lowest BCUT2D eigenvalue weighted by atomic mass is 9.96. The second kappa shape index (κ2) is 5.65. The molecule has 4 nitrogen and oxygen atoms in total. The minimum Gasteiger partial charge on any atom is -0.348 e. The summed E-state index contributed by atoms with van der Waals surface area (Å²) in [7, 11) is 0. The van der Waals surface area contributed by atoms with Crippen LogP contribution in [0.3, 0.4) is 0 Å². The van der Waals surface area contributed by atoms with Gasteiger partial charge in [-0.05, 0) is 24.0 Å². The summed E-state index contributed by atoms with van der Waals surface area (Å²) >= 11 is 0. The van der Waals surface area contributed by atoms with Crippen LogP contribution in [0.4, 0.5) is 0 Å². The van der Waals surface area contributed by atoms with E-state index in [4.69, 9.17) is 0 Å². The highest BCUT2D eigenvalue weighted by atomic mass is 16.2. The third-order valence-electron chi connectivity index (χ3n) is 3.56. The molecule has 0 unspecified atom stereocenters. The molecule has 20 heavy (non-hydrogen) atoms. The van der Waals surface area contributed by atoms with Gasteiger partial charge in [-0.25, -0.2) is 0 Å². The topological polar surface area (TPSA) is 58.2 Å². The van der Waals surface area contributed by atoms with Gasteiger partial charge in [0, 0.05) is 5.41 Å². The molecule has 0 saturated heterocycles. The number of benzene rings is 1. The third-order valence-corrected chi connectivity index (χ3v) is 3.56. The maximum Gasteiger partial charge on any atom is 0.239 e. The van der Waals surface area contributed by atoms with E-state index in [9.17, 15) is 9.59 Å². The Morgan fingerprint density at radius 3 is 2.65 bits per heavy atom. The van der Waals surface area contributed by atoms with E-state index >= 15 is 0 Å². The van der Waals surface area contributed by atoms with E-state index in [0.717, 1.165) is 12.8 Å². The fourth-order valence-electron chi connectivity index (χ4n) is 2.38. The first-order valence-corrected chi connectivity index (χ1v) is 7.03. The zero-order chi connectivity index (χ0) is 14.8. The largest absolute Gasteiger partial charge is 0.348 e. The molecule has 1 aromatic rings. The predicted octanol–water partition coefficient (Wildman–Crippen LogP) is 1.95. The summed E-state index contributed by atoms with van der Waals surface area (Å²) in [5.74, 6) is -0.247. The van der Waals surface area contributed by atoms with Gasteiger partial charge < -0.3 is 10.6 Å². The third kappa shape index (κ3) is 3.38. The van der Waals surface area contributed by atoms with Gasteiger partial charge in [0.15, 0.2) is 0 Å². The van der Waals surface area contributed by atoms with Gasteiger partial charge in [-0.15, -0.1) is 0 Å². The van der Waals surface area contributed by atoms with Crippen LogP contribution in [0.25, 0.3) is 0 Å². The molecular formula is C16H22N2O2. The number of fused-ring (bicyclic) bond motifs is 1. The van der Waals surface area contributed by atoms with Crippen molar-refractivity contribution in [3.8, 4) is 0 Å². The van der Waals surface area contributed by atoms with Crippen LogP contribution in [0, 0.1) is 5.41 Å². The van der Waals surface area contributed by atoms with Crippen molar-refractivity contribution >= 4 is 11.8 Å². The van der Waals surface area contributed by atoms with Crippen LogP contribution >= 0.6 is 0 Å². The summed E-state index contributed by atoms with van der Waals surface area (Å²) in [5, 5.41) is 5.66. The van der Waals surface area contributed by atoms with Crippen LogP contribution in [0.1, 0.15) is 44.4 Å². The highest BCUT2D eigenvalue weighted by molar-refractivity contribution is 5.87. The number of rotatable bonds is 3. The maximum absolute atomic E-state index is 11.9. The van der Waals surface area contributed by atoms with Gasteiger partial charge in [0.2, 0.25) is 11.8 Å². The van der Waals surface area contributed by atoms with Crippen LogP contribution in [-0.2, 0) is 16.0 Å². The normalized spacial score (nSPS) is 17.4. The van der Waals surface area contributed by atoms with Crippen molar-refractivity contribution in [1.82, 2.24) is 10.6 Å². The van der Waals surface area contributed by atoms with E-state index in [1.165, 1.54) is 11.1 Å². The molecule has 0 aliphatic heterocycles. The van der Waals surface area contributed by atoms with Crippen molar-refractivity contribution in [1.29, 1.82) is 0 Å². The van der Waals surface area contributed by atoms with Gasteiger partial charge in [-0.3, -0.25) is 9.59 Å². The molecule has 108 valence electrons. The number of carbonyl (C=O) groups is 2. The number of hydrogen-bond donors (Lipinski definition) is 2. The highest BCUT2D eigenvalue weighted by Crippen LogP contribution is 2.30. The fourth-order valence-corrected chi connectivity index (χ4v) is 2.38. The van der Waals surface area contributed by atoms with Gasteiger partial charge in [0.25, 0.3) is 0 Å². The van der Waals surface area contributed by atoms with Crippen LogP contribution in [0.2, 0.25) is 0 Å². The summed E-state index contributed by atoms with van der Waals surface area (Å²) in [5.41, 5.74) is 2.03. The molecular weight excluding hydrogens is 252 g/mol. The van der Waals surface area contributed by atoms with Gasteiger partial charge >= 0.3 is 0 Å². The maximum atomic E-state index is 11.9. The molecule has 0 fully saturated rings. The van der Waals surface area contributed by atoms with E-state index in [2.05, 4.69) is 22.8 Å². The smallest absolute Gasteiger partial charge is 0.239 e. The molecule has 1 aromatic carbocycles. The van der Waals surface area contributed by atoms with E-state index in [1.54, 1.807) is 0 Å². The Morgan fingerprint density at radius 2 is 1.95 bits per heavy atom. The highest BCUT2D eigenvalue weighted by Gasteiger charge is 2.25. The van der Waals surface area contributed by atoms with Crippen molar-refractivity contribution in [2.75, 3.05) is 6.54 Å². The van der Waals surface area contributed by atoms with Crippen molar-refractivity contribution in [3.63, 3.8) is 0 Å². The van der Waals surface area contributed by atoms with Crippen LogP contribution in [0.5, 0.6) is 0 Å². The molecule has 0 saturated carbocycles. The van der Waals surface area contributed by atoms with E-state index in [1.807, 2.05) is 32.9 Å². The first-order chi connectivity index (χ1) is 9.38. The lowest BCUT2D eigenvalue weighted by Crippen LogP contribution is -2.42. The Balaban J connectivity index is 1.86. The SMILES string of the molecule is CC(C)(C)C(=O)NCC(=O)N[C@H]1CCc2ccccc21. The predicted molar refractivity (Wildman–Crippen MR) is 78.1 cm³/mol. The molecule has 2 N–H and O–H groups in total. The number of hydrogen-bond acceptors (Lipinski definition) is 2. The number of nitrogens with one attached hydrogen (secondary N) is 2. The second-order valence-corrected chi connectivity index (χ2v) is 6.29. The average Bonchev–Trinajstić information content (AvgIpc) is 2.78. The number of carbonyl (C=O) groups excluding carboxylic acids is 2. The Hall–Kier alpha value is -1.84. The lowest BCUT2D eigenvalue weighted by Gasteiger charge is -2.18. The van der Waals surface area contributed by atoms with E-state index in [0.29, 0.717) is 0 Å². The van der Waals surface area contributed by atoms with Crippen LogP contribution < -0.4 is 10.6 Å². The van der Waals surface area contributed by atoms with Crippen LogP contribution in [0.15, 0.2) is 24.3 Å². The van der Waals surface area contributed by atoms with E-state index < -0.39 is 5.41 Å². The van der Waals surface area contributed by atoms with Crippen molar-refractivity contribution in [2.45, 2.75) is 39.7 Å². The van der Waals surface area contributed by atoms with Crippen LogP contribution in [-0.4, -0.2) is 18.4 Å². The van der Waals surface area contributed by atoms with Crippen molar-refractivity contribution in [2.24, 2.45) is 5.41 Å². The second-order valence-electron chi connectivity index (χ2n) is 6.29. The molecule has 1 aliphatic rings. The number of amides is 2. The summed E-state index contributed by atoms with van der Waals surface area (Å²) < 4.78 is 0. The lowest BCUT2D eigenvalue weighted by molar-refractivity contribution is -0.131. The minimum absolute atomic E-state index is 0.0365. The number of aryl methyl sites for hydroxylation is 1. The van der Waals surface area contributed by atoms with Gasteiger partial charge in [0.1, 0.15) is 0 Å². The standard InChI is InChI=1S/C16H22N2O2/c1-16(2,3)15(20)17-10-14(19)18-13-9-8-11-6-4-5-7-12(11)13/h4-7,13H,8-10H2,1-3H3,(H,17,20)(H,18,19)/t13-/m0/s1. The molecule has 2 rings (SSSR count). The van der Waals surface area contributed by atoms with Gasteiger partial charge in [-0.2, -0.15) is 0 Å². The fraction of sp³-hybridized carbons (Fsp3) is 0.500. The molecule has 1 atom stereocenters. The zero-order valence-corrected chi connectivity index (χ0v) is 12.3.